The fraction of sp³-hybridized carbons (Fsp3) is 0.390. The maximum atomic E-state index is 12.6. The molecule has 0 spiro atoms. The molecule has 5 unspecified atom stereocenters. The van der Waals surface area contributed by atoms with Gasteiger partial charge in [-0.25, -0.2) is 24.2 Å². The zero-order chi connectivity index (χ0) is 109. The van der Waals surface area contributed by atoms with Crippen molar-refractivity contribution in [3.63, 3.8) is 0 Å². The number of hydrazone groups is 2. The summed E-state index contributed by atoms with van der Waals surface area (Å²) in [6.45, 7) is 24.0. The average molecular weight is 2150 g/mol. The molecule has 9 heterocycles. The number of aryl methyl sites for hydroxylation is 1. The number of imidazole rings is 1. The Bertz CT molecular complexity index is 6370. The number of Topliss-reactive ketones (excluding diaryl/α,β-unsaturated/α-hetero) is 2. The first-order valence-electron chi connectivity index (χ1n) is 48.4. The number of benzene rings is 6. The number of rotatable bonds is 26. The molecule has 15 rings (SSSR count). The molecule has 0 bridgehead atoms. The predicted octanol–water partition coefficient (Wildman–Crippen LogP) is 12.5. The zero-order valence-electron chi connectivity index (χ0n) is 84.8. The number of nitrogens with two attached hydrogens (primary N) is 5. The maximum Gasteiger partial charge on any atom is 0.376 e. The van der Waals surface area contributed by atoms with Crippen molar-refractivity contribution in [3.05, 3.63) is 257 Å². The molecule has 5 aromatic heterocycles. The van der Waals surface area contributed by atoms with Crippen LogP contribution in [0.15, 0.2) is 211 Å². The fourth-order valence-electron chi connectivity index (χ4n) is 14.5. The van der Waals surface area contributed by atoms with E-state index in [9.17, 15) is 66.9 Å². The molecule has 5 atom stereocenters. The van der Waals surface area contributed by atoms with Gasteiger partial charge < -0.3 is 99.2 Å². The summed E-state index contributed by atoms with van der Waals surface area (Å²) in [4.78, 5) is 173. The van der Waals surface area contributed by atoms with E-state index in [0.717, 1.165) is 136 Å². The minimum atomic E-state index is -3.22. The lowest BCUT2D eigenvalue weighted by Crippen LogP contribution is -2.48. The van der Waals surface area contributed by atoms with Gasteiger partial charge in [-0.15, -0.1) is 35.7 Å². The highest BCUT2D eigenvalue weighted by atomic mass is 36.0. The molecule has 0 radical (unpaired) electrons. The first-order chi connectivity index (χ1) is 71.4. The van der Waals surface area contributed by atoms with Crippen LogP contribution < -0.4 is 77.3 Å². The van der Waals surface area contributed by atoms with Crippen LogP contribution in [0.2, 0.25) is 0 Å². The van der Waals surface area contributed by atoms with E-state index < -0.39 is 52.9 Å². The van der Waals surface area contributed by atoms with Crippen LogP contribution in [0, 0.1) is 0 Å². The lowest BCUT2D eigenvalue weighted by Gasteiger charge is -2.21. The summed E-state index contributed by atoms with van der Waals surface area (Å²) in [7, 11) is 0. The summed E-state index contributed by atoms with van der Waals surface area (Å²) >= 11 is 19.0. The molecular weight excluding hydrogens is 2020 g/mol. The Balaban J connectivity index is 0.000000259. The third kappa shape index (κ3) is 41.7. The second-order valence-corrected chi connectivity index (χ2v) is 39.9. The number of carbonyl (C=O) groups is 9. The number of nitrogens with one attached hydrogen (secondary N) is 8. The number of ketones is 2. The van der Waals surface area contributed by atoms with Crippen molar-refractivity contribution in [2.24, 2.45) is 39.1 Å². The molecule has 149 heavy (non-hydrogen) atoms. The van der Waals surface area contributed by atoms with Gasteiger partial charge in [-0.2, -0.15) is 14.7 Å². The van der Waals surface area contributed by atoms with Gasteiger partial charge in [-0.3, -0.25) is 47.7 Å². The number of ether oxygens (including phenoxy) is 2. The summed E-state index contributed by atoms with van der Waals surface area (Å²) in [5.74, 6) is 9.60. The van der Waals surface area contributed by atoms with Gasteiger partial charge in [0.05, 0.1) is 43.1 Å². The number of H-pyrrole nitrogens is 4. The molecule has 6 aromatic carbocycles. The second kappa shape index (κ2) is 65.6. The number of anilines is 1. The SMILES string of the molecule is CCC(N)c1nnc(-c2ccccc2)[nH]c1=O.CCC(NC(=O)N1CCCC1)c1nnc(-c2ccccc2)[nH]c1=O.CCC(NC(C)=O)c1nnc(-c2ccccc2)[nH]c1=O.CCOC(=O)C(=O)C(CC)NC(=O)N1CCCC1.CCOC(=O)C(=O)C(CC)NC(C)=O.CCc1nc(N2CCCC2)n2nc(-c3ccccc3)[nH]c(=O)c12.NN=C(N)c1ccccc1.NN=C(N)c1ccccc1.O=C(Cl)N1CCCC1.O=P(Cl)(Cl)Cl. The van der Waals surface area contributed by atoms with Gasteiger partial charge in [0.1, 0.15) is 23.4 Å². The van der Waals surface area contributed by atoms with Gasteiger partial charge in [0, 0.05) is 99.6 Å². The van der Waals surface area contributed by atoms with E-state index in [1.54, 1.807) is 46.9 Å². The molecule has 4 fully saturated rings. The molecule has 7 amide bonds. The molecule has 44 nitrogen and oxygen atoms in total. The van der Waals surface area contributed by atoms with E-state index in [2.05, 4.69) is 135 Å². The van der Waals surface area contributed by atoms with Gasteiger partial charge in [0.25, 0.3) is 33.8 Å². The zero-order valence-corrected chi connectivity index (χ0v) is 88.7. The van der Waals surface area contributed by atoms with Crippen LogP contribution in [0.1, 0.15) is 205 Å². The Hall–Kier alpha value is -15.0. The van der Waals surface area contributed by atoms with Crippen molar-refractivity contribution in [2.45, 2.75) is 189 Å². The van der Waals surface area contributed by atoms with E-state index >= 15 is 0 Å². The number of urea groups is 2. The number of hydrogen-bond donors (Lipinski definition) is 13. The van der Waals surface area contributed by atoms with E-state index in [1.165, 1.54) is 13.8 Å². The van der Waals surface area contributed by atoms with Gasteiger partial charge in [0.2, 0.25) is 17.8 Å². The second-order valence-electron chi connectivity index (χ2n) is 32.9. The number of likely N-dealkylation sites (tertiary alicyclic amines) is 3. The van der Waals surface area contributed by atoms with Crippen molar-refractivity contribution in [1.82, 2.24) is 101 Å². The number of halogens is 4. The minimum absolute atomic E-state index is 0.131. The van der Waals surface area contributed by atoms with Crippen LogP contribution in [-0.2, 0) is 49.2 Å². The molecule has 0 saturated carbocycles. The van der Waals surface area contributed by atoms with Gasteiger partial charge in [-0.05, 0) is 149 Å². The van der Waals surface area contributed by atoms with E-state index in [1.807, 2.05) is 210 Å². The highest BCUT2D eigenvalue weighted by Crippen LogP contribution is 2.61. The van der Waals surface area contributed by atoms with Gasteiger partial charge >= 0.3 is 34.6 Å². The molecule has 4 saturated heterocycles. The van der Waals surface area contributed by atoms with Crippen molar-refractivity contribution >= 4 is 126 Å². The Morgan fingerprint density at radius 2 is 0.732 bits per heavy atom. The molecule has 18 N–H and O–H groups in total. The summed E-state index contributed by atoms with van der Waals surface area (Å²) in [6, 6.07) is 53.2. The standard InChI is InChI=1S/C17H21N5O2.C17H19N5O.C14H16N4O2.C12H14N4O.C12H20N2O4.C9H15NO4.2C7H9N3.C5H8ClNO.Cl3OP/c1-2-13(18-17(24)22-10-6-7-11-22)14-16(23)19-15(21-20-14)12-8-4-3-5-9-12;1-2-13-14-16(23)19-15(12-8-4-3-5-9-12)20-22(14)17(18-13)21-10-6-7-11-21;1-3-11(15-9(2)19)12-14(20)16-13(18-17-12)10-7-5-4-6-8-10;1-2-9(13)10-12(17)14-11(16-15-10)8-6-4-3-5-7-8;1-3-9(10(15)11(16)18-4-2)13-12(17)14-7-5-6-8-14;1-4-7(10-6(3)11)8(12)9(13)14-5-2;2*8-7(10-9)6-4-2-1-3-5-6;6-5(8)7-3-1-2-4-7;1-5(2,3)4/h3-5,8-9,13H,2,6-7,10-11H2,1H3,(H,18,24)(H,19,21,23);3-5,8-9H,2,6-7,10-11H2,1H3,(H,19,20,23);4-8,11H,3H2,1-2H3,(H,15,19)(H,16,18,20);3-7,9H,2,13H2,1H3,(H,14,16,17);9H,3-8H2,1-2H3,(H,13,17);7H,4-5H2,1-3H3,(H,10,11);2*1-5H,9H2,(H2,8,10);1-4H2;. The van der Waals surface area contributed by atoms with Crippen LogP contribution in [0.3, 0.4) is 0 Å². The Labute approximate surface area is 881 Å². The van der Waals surface area contributed by atoms with Crippen LogP contribution in [0.5, 0.6) is 0 Å². The number of amides is 7. The van der Waals surface area contributed by atoms with E-state index in [4.69, 9.17) is 45.5 Å². The normalized spacial score (nSPS) is 13.8. The van der Waals surface area contributed by atoms with Crippen LogP contribution in [0.25, 0.3) is 51.1 Å². The third-order valence-corrected chi connectivity index (χ3v) is 22.5. The minimum Gasteiger partial charge on any atom is -0.460 e. The number of aromatic nitrogens is 13. The number of carbonyl (C=O) groups excluding carboxylic acids is 9. The largest absolute Gasteiger partial charge is 0.460 e. The first kappa shape index (κ1) is 123. The Kier molecular flexibility index (Phi) is 54.0. The Morgan fingerprint density at radius 3 is 1.04 bits per heavy atom. The van der Waals surface area contributed by atoms with Crippen LogP contribution >= 0.6 is 50.5 Å². The highest BCUT2D eigenvalue weighted by molar-refractivity contribution is 8.24. The molecule has 0 aliphatic carbocycles. The number of aromatic amines is 4. The Morgan fingerprint density at radius 1 is 0.416 bits per heavy atom. The maximum absolute atomic E-state index is 12.6. The van der Waals surface area contributed by atoms with Crippen molar-refractivity contribution in [1.29, 1.82) is 0 Å². The predicted molar refractivity (Wildman–Crippen MR) is 575 cm³/mol. The summed E-state index contributed by atoms with van der Waals surface area (Å²) in [6.07, 6.45) is 11.8. The van der Waals surface area contributed by atoms with Crippen LogP contribution in [-0.4, -0.2) is 222 Å². The quantitative estimate of drug-likeness (QED) is 0.00276. The van der Waals surface area contributed by atoms with E-state index in [-0.39, 0.29) is 87.8 Å². The fourth-order valence-corrected chi connectivity index (χ4v) is 14.6. The molecule has 800 valence electrons. The first-order valence-corrected chi connectivity index (χ1v) is 53.2. The number of esters is 2. The topological polar surface area (TPSA) is 644 Å². The van der Waals surface area contributed by atoms with Crippen molar-refractivity contribution in [3.8, 4) is 45.6 Å². The lowest BCUT2D eigenvalue weighted by molar-refractivity contribution is -0.154. The molecule has 11 aromatic rings. The highest BCUT2D eigenvalue weighted by Gasteiger charge is 2.32. The lowest BCUT2D eigenvalue weighted by atomic mass is 10.1. The number of amidine groups is 2. The van der Waals surface area contributed by atoms with Crippen molar-refractivity contribution in [2.75, 3.05) is 70.5 Å². The van der Waals surface area contributed by atoms with Crippen LogP contribution in [0.4, 0.5) is 20.3 Å². The number of hydrogen-bond acceptors (Lipinski definition) is 30. The summed E-state index contributed by atoms with van der Waals surface area (Å²) < 4.78 is 20.4. The summed E-state index contributed by atoms with van der Waals surface area (Å²) in [5, 5.41) is 42.5. The molecule has 4 aliphatic heterocycles. The monoisotopic (exact) mass is 2150 g/mol. The smallest absolute Gasteiger partial charge is 0.376 e. The number of nitrogens with zero attached hydrogens (tertiary/aromatic N) is 15. The van der Waals surface area contributed by atoms with E-state index in [0.29, 0.717) is 92.1 Å². The molecule has 49 heteroatoms. The van der Waals surface area contributed by atoms with Gasteiger partial charge in [0.15, 0.2) is 40.2 Å². The van der Waals surface area contributed by atoms with Crippen molar-refractivity contribution < 1.29 is 57.2 Å². The summed E-state index contributed by atoms with van der Waals surface area (Å²) in [5.41, 5.74) is 22.7. The molecular formula is C100H131Cl4N28O16P. The number of fused-ring (bicyclic) bond motifs is 1. The molecule has 4 aliphatic rings. The third-order valence-electron chi connectivity index (χ3n) is 22.2. The average Bonchev–Trinajstić information content (AvgIpc) is 1.61. The van der Waals surface area contributed by atoms with Gasteiger partial charge in [-0.1, -0.05) is 224 Å².